The predicted molar refractivity (Wildman–Crippen MR) is 132 cm³/mol. The van der Waals surface area contributed by atoms with Gasteiger partial charge in [-0.2, -0.15) is 0 Å². The maximum Gasteiger partial charge on any atom is 0.328 e. The van der Waals surface area contributed by atoms with E-state index in [4.69, 9.17) is 9.47 Å². The zero-order valence-corrected chi connectivity index (χ0v) is 22.8. The smallest absolute Gasteiger partial charge is 0.328 e. The van der Waals surface area contributed by atoms with Crippen LogP contribution < -0.4 is 0 Å². The summed E-state index contributed by atoms with van der Waals surface area (Å²) in [5.41, 5.74) is 0. The molecule has 36 heavy (non-hydrogen) atoms. The number of aliphatic hydroxyl groups is 1. The zero-order valence-electron chi connectivity index (χ0n) is 22.8. The molecule has 0 bridgehead atoms. The normalized spacial score (nSPS) is 35.8. The van der Waals surface area contributed by atoms with Crippen LogP contribution in [0.1, 0.15) is 73.1 Å². The van der Waals surface area contributed by atoms with Gasteiger partial charge in [-0.3, -0.25) is 9.59 Å². The fourth-order valence-electron chi connectivity index (χ4n) is 6.69. The molecule has 9 nitrogen and oxygen atoms in total. The minimum absolute atomic E-state index is 0.00630. The number of hydrogen-bond donors (Lipinski definition) is 1. The van der Waals surface area contributed by atoms with Gasteiger partial charge in [0.1, 0.15) is 12.1 Å². The van der Waals surface area contributed by atoms with Crippen LogP contribution >= 0.6 is 0 Å². The SMILES string of the molecule is COC(=O)[C@@H]1C[C@@H](C)[C@H]2CC[C@H](C(C)C)C(=O)N21.COC(=O)[C@@H]1C[C@@H](O)[C@H]2CC[C@H](C(C)C)C(=O)N21. The second kappa shape index (κ2) is 11.5. The van der Waals surface area contributed by atoms with Crippen molar-refractivity contribution in [1.29, 1.82) is 0 Å². The van der Waals surface area contributed by atoms with Crippen LogP contribution in [-0.2, 0) is 28.7 Å². The molecule has 4 aliphatic heterocycles. The summed E-state index contributed by atoms with van der Waals surface area (Å²) in [4.78, 5) is 51.9. The van der Waals surface area contributed by atoms with Crippen molar-refractivity contribution in [3.05, 3.63) is 0 Å². The van der Waals surface area contributed by atoms with Crippen molar-refractivity contribution in [1.82, 2.24) is 9.80 Å². The van der Waals surface area contributed by atoms with Crippen LogP contribution in [0.3, 0.4) is 0 Å². The third kappa shape index (κ3) is 5.27. The number of amides is 2. The number of piperidine rings is 2. The lowest BCUT2D eigenvalue weighted by Gasteiger charge is -2.39. The number of carbonyl (C=O) groups excluding carboxylic acids is 4. The third-order valence-corrected chi connectivity index (χ3v) is 8.79. The second-order valence-corrected chi connectivity index (χ2v) is 11.6. The first-order valence-electron chi connectivity index (χ1n) is 13.4. The number of fused-ring (bicyclic) bond motifs is 2. The number of esters is 2. The van der Waals surface area contributed by atoms with E-state index in [1.54, 1.807) is 4.90 Å². The number of methoxy groups -OCH3 is 2. The van der Waals surface area contributed by atoms with E-state index in [1.807, 2.05) is 18.7 Å². The number of carbonyl (C=O) groups is 4. The highest BCUT2D eigenvalue weighted by molar-refractivity contribution is 5.88. The Hall–Kier alpha value is -2.16. The van der Waals surface area contributed by atoms with Gasteiger partial charge in [-0.25, -0.2) is 9.59 Å². The van der Waals surface area contributed by atoms with E-state index in [0.717, 1.165) is 32.1 Å². The molecule has 4 rings (SSSR count). The zero-order chi connectivity index (χ0) is 26.9. The first-order chi connectivity index (χ1) is 16.9. The van der Waals surface area contributed by atoms with Gasteiger partial charge in [0.25, 0.3) is 0 Å². The molecule has 9 heteroatoms. The van der Waals surface area contributed by atoms with Crippen LogP contribution in [0.4, 0.5) is 0 Å². The Morgan fingerprint density at radius 1 is 0.778 bits per heavy atom. The minimum Gasteiger partial charge on any atom is -0.467 e. The van der Waals surface area contributed by atoms with Crippen molar-refractivity contribution >= 4 is 23.8 Å². The van der Waals surface area contributed by atoms with Crippen molar-refractivity contribution in [3.63, 3.8) is 0 Å². The topological polar surface area (TPSA) is 113 Å². The molecule has 0 saturated carbocycles. The van der Waals surface area contributed by atoms with E-state index in [9.17, 15) is 24.3 Å². The van der Waals surface area contributed by atoms with Gasteiger partial charge in [-0.05, 0) is 49.9 Å². The summed E-state index contributed by atoms with van der Waals surface area (Å²) in [6, 6.07) is -0.943. The Morgan fingerprint density at radius 2 is 1.19 bits per heavy atom. The maximum atomic E-state index is 12.5. The number of hydrogen-bond acceptors (Lipinski definition) is 7. The van der Waals surface area contributed by atoms with Gasteiger partial charge in [0, 0.05) is 24.3 Å². The number of ether oxygens (including phenoxy) is 2. The molecule has 4 heterocycles. The molecule has 0 aliphatic carbocycles. The van der Waals surface area contributed by atoms with E-state index < -0.39 is 18.1 Å². The van der Waals surface area contributed by atoms with Gasteiger partial charge in [-0.1, -0.05) is 34.6 Å². The van der Waals surface area contributed by atoms with Gasteiger partial charge in [-0.15, -0.1) is 0 Å². The fraction of sp³-hybridized carbons (Fsp3) is 0.852. The molecule has 4 fully saturated rings. The van der Waals surface area contributed by atoms with Crippen LogP contribution in [0, 0.1) is 29.6 Å². The predicted octanol–water partition coefficient (Wildman–Crippen LogP) is 2.39. The van der Waals surface area contributed by atoms with Gasteiger partial charge in [0.15, 0.2) is 0 Å². The lowest BCUT2D eigenvalue weighted by Crippen LogP contribution is -2.53. The molecule has 0 radical (unpaired) electrons. The summed E-state index contributed by atoms with van der Waals surface area (Å²) >= 11 is 0. The van der Waals surface area contributed by atoms with Crippen LogP contribution in [0.15, 0.2) is 0 Å². The van der Waals surface area contributed by atoms with E-state index in [0.29, 0.717) is 18.3 Å². The monoisotopic (exact) mass is 508 g/mol. The number of rotatable bonds is 4. The highest BCUT2D eigenvalue weighted by Crippen LogP contribution is 2.41. The molecule has 204 valence electrons. The van der Waals surface area contributed by atoms with E-state index in [2.05, 4.69) is 20.8 Å². The van der Waals surface area contributed by atoms with Crippen LogP contribution in [0.5, 0.6) is 0 Å². The highest BCUT2D eigenvalue weighted by Gasteiger charge is 2.52. The number of aliphatic hydroxyl groups excluding tert-OH is 1. The molecule has 0 aromatic rings. The molecular formula is C27H44N2O7. The second-order valence-electron chi connectivity index (χ2n) is 11.6. The average molecular weight is 509 g/mol. The molecule has 0 unspecified atom stereocenters. The Kier molecular flexibility index (Phi) is 9.06. The van der Waals surface area contributed by atoms with Gasteiger partial charge < -0.3 is 24.4 Å². The quantitative estimate of drug-likeness (QED) is 0.580. The van der Waals surface area contributed by atoms with Gasteiger partial charge in [0.05, 0.1) is 26.4 Å². The molecule has 1 N–H and O–H groups in total. The molecule has 4 aliphatic rings. The Bertz CT molecular complexity index is 776. The third-order valence-electron chi connectivity index (χ3n) is 8.79. The maximum absolute atomic E-state index is 12.5. The van der Waals surface area contributed by atoms with E-state index >= 15 is 0 Å². The Balaban J connectivity index is 0.000000201. The molecule has 0 aromatic carbocycles. The van der Waals surface area contributed by atoms with Crippen molar-refractivity contribution in [2.75, 3.05) is 14.2 Å². The molecule has 8 atom stereocenters. The Morgan fingerprint density at radius 3 is 1.64 bits per heavy atom. The molecular weight excluding hydrogens is 464 g/mol. The first kappa shape index (κ1) is 28.4. The summed E-state index contributed by atoms with van der Waals surface area (Å²) in [6.45, 7) is 10.3. The molecule has 0 spiro atoms. The van der Waals surface area contributed by atoms with Crippen molar-refractivity contribution in [2.45, 2.75) is 103 Å². The minimum atomic E-state index is -0.607. The largest absolute Gasteiger partial charge is 0.467 e. The lowest BCUT2D eigenvalue weighted by atomic mass is 9.83. The van der Waals surface area contributed by atoms with Crippen molar-refractivity contribution in [2.24, 2.45) is 29.6 Å². The van der Waals surface area contributed by atoms with E-state index in [-0.39, 0.29) is 53.7 Å². The van der Waals surface area contributed by atoms with Gasteiger partial charge in [0.2, 0.25) is 11.8 Å². The summed E-state index contributed by atoms with van der Waals surface area (Å²) in [7, 11) is 2.71. The van der Waals surface area contributed by atoms with Crippen molar-refractivity contribution < 1.29 is 33.8 Å². The molecule has 0 aromatic heterocycles. The van der Waals surface area contributed by atoms with Gasteiger partial charge >= 0.3 is 11.9 Å². The average Bonchev–Trinajstić information content (AvgIpc) is 3.36. The fourth-order valence-corrected chi connectivity index (χ4v) is 6.69. The molecule has 2 amide bonds. The lowest BCUT2D eigenvalue weighted by molar-refractivity contribution is -0.157. The highest BCUT2D eigenvalue weighted by atomic mass is 16.5. The van der Waals surface area contributed by atoms with Crippen molar-refractivity contribution in [3.8, 4) is 0 Å². The Labute approximate surface area is 214 Å². The summed E-state index contributed by atoms with van der Waals surface area (Å²) in [5, 5.41) is 9.98. The summed E-state index contributed by atoms with van der Waals surface area (Å²) in [6.07, 6.45) is 3.97. The summed E-state index contributed by atoms with van der Waals surface area (Å²) < 4.78 is 9.57. The first-order valence-corrected chi connectivity index (χ1v) is 13.4. The molecule has 4 saturated heterocycles. The van der Waals surface area contributed by atoms with Crippen LogP contribution in [0.2, 0.25) is 0 Å². The number of nitrogens with zero attached hydrogens (tertiary/aromatic N) is 2. The van der Waals surface area contributed by atoms with Crippen LogP contribution in [-0.4, -0.2) is 83.2 Å². The summed E-state index contributed by atoms with van der Waals surface area (Å²) in [5.74, 6) is 0.483. The van der Waals surface area contributed by atoms with Crippen LogP contribution in [0.25, 0.3) is 0 Å². The standard InChI is InChI=1S/C14H23NO3.C13H21NO4/c1-8(2)10-5-6-11-9(3)7-12(14(17)18-4)15(11)13(10)16;1-7(2)8-4-5-9-11(15)6-10(13(17)18-3)14(9)12(8)16/h8-12H,5-7H2,1-4H3;7-11,15H,4-6H2,1-3H3/t9-,10-,11-,12+;8-,9-,10+,11-/m11/s1. The van der Waals surface area contributed by atoms with E-state index in [1.165, 1.54) is 14.2 Å².